The van der Waals surface area contributed by atoms with Gasteiger partial charge in [0.25, 0.3) is 0 Å². The molecular formula is C12H18ClFN2O. The van der Waals surface area contributed by atoms with Gasteiger partial charge < -0.3 is 10.6 Å². The Morgan fingerprint density at radius 3 is 2.59 bits per heavy atom. The normalized spacial score (nSPS) is 11.5. The highest BCUT2D eigenvalue weighted by molar-refractivity contribution is 5.92. The molecule has 0 spiro atoms. The van der Waals surface area contributed by atoms with E-state index in [1.807, 2.05) is 6.92 Å². The molecule has 0 heterocycles. The molecule has 96 valence electrons. The molecule has 0 aliphatic heterocycles. The fourth-order valence-electron chi connectivity index (χ4n) is 1.47. The lowest BCUT2D eigenvalue weighted by Crippen LogP contribution is -2.28. The van der Waals surface area contributed by atoms with Gasteiger partial charge in [0.1, 0.15) is 5.82 Å². The molecule has 0 aromatic heterocycles. The van der Waals surface area contributed by atoms with E-state index in [-0.39, 0.29) is 30.0 Å². The molecule has 1 rings (SSSR count). The van der Waals surface area contributed by atoms with E-state index < -0.39 is 0 Å². The minimum Gasteiger partial charge on any atom is -0.326 e. The van der Waals surface area contributed by atoms with Crippen LogP contribution in [0, 0.1) is 18.7 Å². The molecule has 1 aromatic carbocycles. The average molecular weight is 261 g/mol. The van der Waals surface area contributed by atoms with Crippen molar-refractivity contribution in [2.24, 2.45) is 5.92 Å². The van der Waals surface area contributed by atoms with Crippen molar-refractivity contribution in [3.8, 4) is 0 Å². The number of hydrogen-bond donors (Lipinski definition) is 2. The van der Waals surface area contributed by atoms with Crippen LogP contribution in [-0.4, -0.2) is 19.5 Å². The van der Waals surface area contributed by atoms with Gasteiger partial charge in [-0.15, -0.1) is 12.4 Å². The summed E-state index contributed by atoms with van der Waals surface area (Å²) in [7, 11) is 1.79. The summed E-state index contributed by atoms with van der Waals surface area (Å²) in [6.45, 7) is 4.20. The first kappa shape index (κ1) is 15.9. The van der Waals surface area contributed by atoms with Crippen LogP contribution in [0.15, 0.2) is 18.2 Å². The van der Waals surface area contributed by atoms with Gasteiger partial charge in [-0.25, -0.2) is 4.39 Å². The minimum absolute atomic E-state index is 0. The number of amides is 1. The number of aryl methyl sites for hydroxylation is 1. The van der Waals surface area contributed by atoms with Crippen molar-refractivity contribution in [3.63, 3.8) is 0 Å². The summed E-state index contributed by atoms with van der Waals surface area (Å²) in [6, 6.07) is 4.48. The maximum absolute atomic E-state index is 13.1. The van der Waals surface area contributed by atoms with Crippen molar-refractivity contribution in [2.45, 2.75) is 13.8 Å². The predicted molar refractivity (Wildman–Crippen MR) is 70.1 cm³/mol. The van der Waals surface area contributed by atoms with Crippen molar-refractivity contribution in [1.29, 1.82) is 0 Å². The van der Waals surface area contributed by atoms with Crippen molar-refractivity contribution in [3.05, 3.63) is 29.6 Å². The van der Waals surface area contributed by atoms with Gasteiger partial charge in [0.15, 0.2) is 0 Å². The highest BCUT2D eigenvalue weighted by Gasteiger charge is 2.12. The van der Waals surface area contributed by atoms with Crippen LogP contribution in [0.2, 0.25) is 0 Å². The van der Waals surface area contributed by atoms with Gasteiger partial charge in [-0.3, -0.25) is 4.79 Å². The first-order chi connectivity index (χ1) is 7.52. The van der Waals surface area contributed by atoms with Crippen LogP contribution in [-0.2, 0) is 4.79 Å². The Labute approximate surface area is 107 Å². The Kier molecular flexibility index (Phi) is 6.76. The number of hydrogen-bond acceptors (Lipinski definition) is 2. The fourth-order valence-corrected chi connectivity index (χ4v) is 1.47. The van der Waals surface area contributed by atoms with Crippen molar-refractivity contribution >= 4 is 24.0 Å². The van der Waals surface area contributed by atoms with Crippen LogP contribution in [0.5, 0.6) is 0 Å². The zero-order valence-electron chi connectivity index (χ0n) is 10.2. The molecule has 2 N–H and O–H groups in total. The Balaban J connectivity index is 0.00000256. The number of halogens is 2. The number of anilines is 1. The van der Waals surface area contributed by atoms with Crippen LogP contribution in [0.25, 0.3) is 0 Å². The topological polar surface area (TPSA) is 41.1 Å². The first-order valence-electron chi connectivity index (χ1n) is 5.25. The molecule has 17 heavy (non-hydrogen) atoms. The third-order valence-electron chi connectivity index (χ3n) is 2.27. The maximum Gasteiger partial charge on any atom is 0.228 e. The van der Waals surface area contributed by atoms with E-state index in [2.05, 4.69) is 10.6 Å². The molecule has 0 radical (unpaired) electrons. The van der Waals surface area contributed by atoms with Crippen LogP contribution < -0.4 is 10.6 Å². The Morgan fingerprint density at radius 2 is 2.06 bits per heavy atom. The third-order valence-corrected chi connectivity index (χ3v) is 2.27. The van der Waals surface area contributed by atoms with Gasteiger partial charge in [-0.05, 0) is 37.7 Å². The molecule has 0 aliphatic carbocycles. The van der Waals surface area contributed by atoms with E-state index >= 15 is 0 Å². The monoisotopic (exact) mass is 260 g/mol. The smallest absolute Gasteiger partial charge is 0.228 e. The Morgan fingerprint density at radius 1 is 1.41 bits per heavy atom. The third kappa shape index (κ3) is 5.15. The molecule has 0 aliphatic rings. The molecule has 0 saturated carbocycles. The maximum atomic E-state index is 13.1. The van der Waals surface area contributed by atoms with Gasteiger partial charge in [0, 0.05) is 18.2 Å². The first-order valence-corrected chi connectivity index (χ1v) is 5.25. The van der Waals surface area contributed by atoms with Crippen molar-refractivity contribution in [1.82, 2.24) is 5.32 Å². The van der Waals surface area contributed by atoms with Crippen LogP contribution in [0.1, 0.15) is 12.5 Å². The molecule has 0 saturated heterocycles. The molecule has 1 unspecified atom stereocenters. The number of carbonyl (C=O) groups excluding carboxylic acids is 1. The highest BCUT2D eigenvalue weighted by Crippen LogP contribution is 2.14. The second kappa shape index (κ2) is 7.25. The van der Waals surface area contributed by atoms with Gasteiger partial charge in [-0.2, -0.15) is 0 Å². The fraction of sp³-hybridized carbons (Fsp3) is 0.417. The van der Waals surface area contributed by atoms with Gasteiger partial charge in [-0.1, -0.05) is 6.92 Å². The molecule has 0 bridgehead atoms. The largest absolute Gasteiger partial charge is 0.326 e. The molecule has 0 fully saturated rings. The van der Waals surface area contributed by atoms with Gasteiger partial charge in [0.05, 0.1) is 0 Å². The molecule has 1 atom stereocenters. The molecule has 1 aromatic rings. The Bertz CT molecular complexity index is 365. The van der Waals surface area contributed by atoms with Crippen molar-refractivity contribution < 1.29 is 9.18 Å². The molecule has 3 nitrogen and oxygen atoms in total. The van der Waals surface area contributed by atoms with Gasteiger partial charge in [0.2, 0.25) is 5.91 Å². The second-order valence-electron chi connectivity index (χ2n) is 3.97. The quantitative estimate of drug-likeness (QED) is 0.873. The van der Waals surface area contributed by atoms with E-state index in [0.717, 1.165) is 5.56 Å². The minimum atomic E-state index is -0.337. The standard InChI is InChI=1S/C12H17FN2O.ClH/c1-8-4-10(13)6-11(5-8)15-12(16)9(2)7-14-3;/h4-6,9,14H,7H2,1-3H3,(H,15,16);1H. The highest BCUT2D eigenvalue weighted by atomic mass is 35.5. The summed E-state index contributed by atoms with van der Waals surface area (Å²) in [5.41, 5.74) is 1.29. The zero-order chi connectivity index (χ0) is 12.1. The van der Waals surface area contributed by atoms with Crippen LogP contribution in [0.4, 0.5) is 10.1 Å². The lowest BCUT2D eigenvalue weighted by atomic mass is 10.1. The lowest BCUT2D eigenvalue weighted by molar-refractivity contribution is -0.119. The van der Waals surface area contributed by atoms with E-state index in [4.69, 9.17) is 0 Å². The number of rotatable bonds is 4. The predicted octanol–water partition coefficient (Wildman–Crippen LogP) is 2.35. The van der Waals surface area contributed by atoms with E-state index in [1.54, 1.807) is 20.0 Å². The van der Waals surface area contributed by atoms with E-state index in [0.29, 0.717) is 12.2 Å². The van der Waals surface area contributed by atoms with Crippen LogP contribution in [0.3, 0.4) is 0 Å². The lowest BCUT2D eigenvalue weighted by Gasteiger charge is -2.12. The summed E-state index contributed by atoms with van der Waals surface area (Å²) in [6.07, 6.45) is 0. The van der Waals surface area contributed by atoms with Gasteiger partial charge >= 0.3 is 0 Å². The zero-order valence-corrected chi connectivity index (χ0v) is 11.0. The second-order valence-corrected chi connectivity index (χ2v) is 3.97. The number of nitrogens with one attached hydrogen (secondary N) is 2. The summed E-state index contributed by atoms with van der Waals surface area (Å²) >= 11 is 0. The summed E-state index contributed by atoms with van der Waals surface area (Å²) in [5, 5.41) is 5.61. The number of carbonyl (C=O) groups is 1. The number of benzene rings is 1. The summed E-state index contributed by atoms with van der Waals surface area (Å²) < 4.78 is 13.1. The van der Waals surface area contributed by atoms with E-state index in [9.17, 15) is 9.18 Å². The Hall–Kier alpha value is -1.13. The van der Waals surface area contributed by atoms with Crippen LogP contribution >= 0.6 is 12.4 Å². The average Bonchev–Trinajstić information content (AvgIpc) is 2.16. The summed E-state index contributed by atoms with van der Waals surface area (Å²) in [5.74, 6) is -0.593. The molecule has 1 amide bonds. The summed E-state index contributed by atoms with van der Waals surface area (Å²) in [4.78, 5) is 11.7. The van der Waals surface area contributed by atoms with E-state index in [1.165, 1.54) is 12.1 Å². The van der Waals surface area contributed by atoms with Crippen molar-refractivity contribution in [2.75, 3.05) is 18.9 Å². The SMILES string of the molecule is CNCC(C)C(=O)Nc1cc(C)cc(F)c1.Cl. The molecular weight excluding hydrogens is 243 g/mol. The molecule has 5 heteroatoms.